The van der Waals surface area contributed by atoms with Gasteiger partial charge in [-0.25, -0.2) is 0 Å². The molecular formula is C49H98ClNO2. The van der Waals surface area contributed by atoms with Crippen molar-refractivity contribution < 1.29 is 26.4 Å². The summed E-state index contributed by atoms with van der Waals surface area (Å²) in [4.78, 5) is 0. The molecule has 0 aliphatic carbocycles. The zero-order valence-corrected chi connectivity index (χ0v) is 37.9. The van der Waals surface area contributed by atoms with Crippen molar-refractivity contribution in [1.82, 2.24) is 0 Å². The first-order valence-electron chi connectivity index (χ1n) is 23.8. The molecule has 0 spiro atoms. The highest BCUT2D eigenvalue weighted by atomic mass is 35.5. The minimum atomic E-state index is 0. The van der Waals surface area contributed by atoms with Gasteiger partial charge in [-0.3, -0.25) is 0 Å². The lowest BCUT2D eigenvalue weighted by atomic mass is 10.1. The molecule has 0 aliphatic rings. The number of hydrogen-bond acceptors (Lipinski definition) is 2. The zero-order valence-electron chi connectivity index (χ0n) is 37.1. The fourth-order valence-corrected chi connectivity index (χ4v) is 7.15. The van der Waals surface area contributed by atoms with E-state index in [1.807, 2.05) is 0 Å². The predicted octanol–water partition coefficient (Wildman–Crippen LogP) is 12.9. The van der Waals surface area contributed by atoms with Crippen LogP contribution < -0.4 is 12.4 Å². The van der Waals surface area contributed by atoms with Gasteiger partial charge in [-0.05, 0) is 83.5 Å². The molecule has 0 rings (SSSR count). The number of quaternary nitrogens is 1. The molecule has 0 bridgehead atoms. The molecule has 0 saturated heterocycles. The Morgan fingerprint density at radius 2 is 0.736 bits per heavy atom. The lowest BCUT2D eigenvalue weighted by Crippen LogP contribution is -3.00. The summed E-state index contributed by atoms with van der Waals surface area (Å²) >= 11 is 0. The lowest BCUT2D eigenvalue weighted by Gasteiger charge is -2.23. The first-order valence-corrected chi connectivity index (χ1v) is 23.8. The summed E-state index contributed by atoms with van der Waals surface area (Å²) in [7, 11) is 6.91. The average Bonchev–Trinajstić information content (AvgIpc) is 3.12. The van der Waals surface area contributed by atoms with Gasteiger partial charge in [0.15, 0.2) is 0 Å². The van der Waals surface area contributed by atoms with Gasteiger partial charge >= 0.3 is 0 Å². The lowest BCUT2D eigenvalue weighted by molar-refractivity contribution is -0.870. The highest BCUT2D eigenvalue weighted by Gasteiger charge is 2.10. The van der Waals surface area contributed by atoms with Crippen molar-refractivity contribution in [3.8, 4) is 0 Å². The monoisotopic (exact) mass is 768 g/mol. The van der Waals surface area contributed by atoms with Crippen LogP contribution in [0.4, 0.5) is 0 Å². The van der Waals surface area contributed by atoms with Gasteiger partial charge in [0, 0.05) is 13.2 Å². The Morgan fingerprint density at radius 1 is 0.396 bits per heavy atom. The van der Waals surface area contributed by atoms with Crippen molar-refractivity contribution in [3.05, 3.63) is 24.3 Å². The molecular weight excluding hydrogens is 670 g/mol. The van der Waals surface area contributed by atoms with E-state index in [1.54, 1.807) is 0 Å². The molecule has 1 atom stereocenters. The number of allylic oxidation sites excluding steroid dienone is 4. The summed E-state index contributed by atoms with van der Waals surface area (Å²) in [6.07, 6.45) is 57.2. The summed E-state index contributed by atoms with van der Waals surface area (Å²) in [5.74, 6) is 0. The van der Waals surface area contributed by atoms with Crippen LogP contribution in [0.25, 0.3) is 0 Å². The molecule has 3 nitrogen and oxygen atoms in total. The van der Waals surface area contributed by atoms with E-state index in [4.69, 9.17) is 9.47 Å². The van der Waals surface area contributed by atoms with Crippen LogP contribution in [-0.4, -0.2) is 58.1 Å². The Kier molecular flexibility index (Phi) is 47.6. The number of ether oxygens (including phenoxy) is 2. The number of hydrogen-bond donors (Lipinski definition) is 0. The van der Waals surface area contributed by atoms with Crippen LogP contribution in [0, 0.1) is 0 Å². The summed E-state index contributed by atoms with van der Waals surface area (Å²) < 4.78 is 13.7. The number of unbranched alkanes of at least 4 members (excludes halogenated alkanes) is 29. The smallest absolute Gasteiger partial charge is 0.0808 e. The third-order valence-corrected chi connectivity index (χ3v) is 10.7. The quantitative estimate of drug-likeness (QED) is 0.0349. The maximum atomic E-state index is 6.44. The van der Waals surface area contributed by atoms with Gasteiger partial charge in [0.05, 0.1) is 40.4 Å². The second-order valence-corrected chi connectivity index (χ2v) is 17.4. The van der Waals surface area contributed by atoms with Crippen LogP contribution >= 0.6 is 0 Å². The minimum Gasteiger partial charge on any atom is -1.00 e. The largest absolute Gasteiger partial charge is 1.00 e. The van der Waals surface area contributed by atoms with E-state index >= 15 is 0 Å². The van der Waals surface area contributed by atoms with Crippen LogP contribution in [0.2, 0.25) is 0 Å². The van der Waals surface area contributed by atoms with Gasteiger partial charge in [0.25, 0.3) is 0 Å². The van der Waals surface area contributed by atoms with Gasteiger partial charge in [0.1, 0.15) is 0 Å². The molecule has 0 saturated carbocycles. The topological polar surface area (TPSA) is 18.5 Å². The maximum Gasteiger partial charge on any atom is 0.0808 e. The van der Waals surface area contributed by atoms with Crippen molar-refractivity contribution in [2.24, 2.45) is 0 Å². The molecule has 0 N–H and O–H groups in total. The highest BCUT2D eigenvalue weighted by molar-refractivity contribution is 4.82. The van der Waals surface area contributed by atoms with Gasteiger partial charge in [-0.15, -0.1) is 0 Å². The summed E-state index contributed by atoms with van der Waals surface area (Å²) in [6, 6.07) is 0. The molecule has 53 heavy (non-hydrogen) atoms. The first kappa shape index (κ1) is 54.7. The highest BCUT2D eigenvalue weighted by Crippen LogP contribution is 2.15. The normalized spacial score (nSPS) is 12.7. The average molecular weight is 769 g/mol. The van der Waals surface area contributed by atoms with Gasteiger partial charge in [-0.1, -0.05) is 179 Å². The summed E-state index contributed by atoms with van der Waals surface area (Å²) in [5, 5.41) is 0. The second-order valence-electron chi connectivity index (χ2n) is 17.4. The third kappa shape index (κ3) is 49.6. The molecule has 0 aliphatic heterocycles. The molecule has 0 aromatic heterocycles. The van der Waals surface area contributed by atoms with Crippen molar-refractivity contribution in [2.75, 3.05) is 47.5 Å². The number of halogens is 1. The van der Waals surface area contributed by atoms with E-state index in [-0.39, 0.29) is 18.5 Å². The van der Waals surface area contributed by atoms with E-state index in [2.05, 4.69) is 59.3 Å². The summed E-state index contributed by atoms with van der Waals surface area (Å²) in [5.41, 5.74) is 0. The molecule has 1 unspecified atom stereocenters. The van der Waals surface area contributed by atoms with Gasteiger partial charge in [0.2, 0.25) is 0 Å². The second kappa shape index (κ2) is 46.0. The first-order chi connectivity index (χ1) is 25.5. The molecule has 4 heteroatoms. The maximum absolute atomic E-state index is 6.44. The molecule has 0 amide bonds. The Labute approximate surface area is 341 Å². The van der Waals surface area contributed by atoms with Crippen molar-refractivity contribution in [1.29, 1.82) is 0 Å². The SMILES string of the molecule is CCCCCCCC/C=C\CCCCCCCCOCC(CCCCCCCC[N+](C)(C)C)OCCCCCCCC/C=C\CCCCCCCC.[Cl-]. The van der Waals surface area contributed by atoms with E-state index < -0.39 is 0 Å². The van der Waals surface area contributed by atoms with Crippen LogP contribution in [0.1, 0.15) is 239 Å². The van der Waals surface area contributed by atoms with E-state index in [0.717, 1.165) is 24.3 Å². The van der Waals surface area contributed by atoms with Crippen LogP contribution in [0.3, 0.4) is 0 Å². The molecule has 0 heterocycles. The third-order valence-electron chi connectivity index (χ3n) is 10.7. The van der Waals surface area contributed by atoms with Crippen LogP contribution in [0.15, 0.2) is 24.3 Å². The number of rotatable bonds is 44. The van der Waals surface area contributed by atoms with E-state index in [0.29, 0.717) is 0 Å². The van der Waals surface area contributed by atoms with Gasteiger partial charge in [-0.2, -0.15) is 0 Å². The minimum absolute atomic E-state index is 0. The van der Waals surface area contributed by atoms with Crippen molar-refractivity contribution >= 4 is 0 Å². The van der Waals surface area contributed by atoms with Gasteiger partial charge < -0.3 is 26.4 Å². The fraction of sp³-hybridized carbons (Fsp3) is 0.918. The summed E-state index contributed by atoms with van der Waals surface area (Å²) in [6.45, 7) is 8.49. The standard InChI is InChI=1S/C49H98NO2.ClH/c1-6-8-10-12-14-16-18-20-22-24-26-28-30-34-38-42-46-51-48-49(44-40-36-32-33-37-41-45-50(3,4)5)52-47-43-39-35-31-29-27-25-23-21-19-17-15-13-11-9-7-2;/h20-23,49H,6-19,24-48H2,1-5H3;1H/q+1;/p-1/b22-20-,23-21-;. The Morgan fingerprint density at radius 3 is 1.15 bits per heavy atom. The number of nitrogens with zero attached hydrogens (tertiary/aromatic N) is 1. The van der Waals surface area contributed by atoms with E-state index in [1.165, 1.54) is 231 Å². The Balaban J connectivity index is 0. The van der Waals surface area contributed by atoms with Crippen molar-refractivity contribution in [2.45, 2.75) is 245 Å². The van der Waals surface area contributed by atoms with Crippen molar-refractivity contribution in [3.63, 3.8) is 0 Å². The predicted molar refractivity (Wildman–Crippen MR) is 235 cm³/mol. The zero-order chi connectivity index (χ0) is 37.9. The molecule has 318 valence electrons. The van der Waals surface area contributed by atoms with E-state index in [9.17, 15) is 0 Å². The van der Waals surface area contributed by atoms with Crippen LogP contribution in [-0.2, 0) is 9.47 Å². The fourth-order valence-electron chi connectivity index (χ4n) is 7.15. The molecule has 0 aromatic carbocycles. The molecule has 0 fully saturated rings. The Bertz CT molecular complexity index is 718. The van der Waals surface area contributed by atoms with Crippen LogP contribution in [0.5, 0.6) is 0 Å². The molecule has 0 aromatic rings. The Hall–Kier alpha value is -0.350. The molecule has 0 radical (unpaired) electrons.